The summed E-state index contributed by atoms with van der Waals surface area (Å²) in [7, 11) is 1.45. The van der Waals surface area contributed by atoms with Gasteiger partial charge in [-0.3, -0.25) is 19.3 Å². The average Bonchev–Trinajstić information content (AvgIpc) is 3.29. The van der Waals surface area contributed by atoms with Gasteiger partial charge in [0.25, 0.3) is 0 Å². The molecular weight excluding hydrogens is 401 g/mol. The smallest absolute Gasteiger partial charge is 0.246 e. The summed E-state index contributed by atoms with van der Waals surface area (Å²) >= 11 is 6.75. The molecule has 28 heavy (non-hydrogen) atoms. The number of likely N-dealkylation sites (N-methyl/N-ethyl adjacent to an activating group) is 1. The lowest BCUT2D eigenvalue weighted by Crippen LogP contribution is -2.42. The lowest BCUT2D eigenvalue weighted by molar-refractivity contribution is -0.140. The fourth-order valence-corrected chi connectivity index (χ4v) is 4.03. The number of nitrogens with two attached hydrogens (primary N) is 1. The van der Waals surface area contributed by atoms with Crippen molar-refractivity contribution in [2.45, 2.75) is 19.0 Å². The molecule has 3 aromatic rings. The third kappa shape index (κ3) is 3.73. The number of rotatable bonds is 6. The van der Waals surface area contributed by atoms with E-state index in [9.17, 15) is 14.0 Å². The van der Waals surface area contributed by atoms with Gasteiger partial charge in [0.05, 0.1) is 4.88 Å². The normalized spacial score (nSPS) is 13.1. The van der Waals surface area contributed by atoms with E-state index < -0.39 is 29.7 Å². The van der Waals surface area contributed by atoms with Gasteiger partial charge in [-0.05, 0) is 48.3 Å². The minimum Gasteiger partial charge on any atom is -0.368 e. The minimum atomic E-state index is -1.11. The first-order chi connectivity index (χ1) is 13.3. The first kappa shape index (κ1) is 19.9. The molecule has 0 aliphatic rings. The third-order valence-corrected chi connectivity index (χ3v) is 5.51. The van der Waals surface area contributed by atoms with Crippen LogP contribution in [0.4, 0.5) is 4.39 Å². The third-order valence-electron chi connectivity index (χ3n) is 4.36. The second kappa shape index (κ2) is 8.03. The van der Waals surface area contributed by atoms with E-state index in [1.807, 2.05) is 17.5 Å². The molecule has 2 atom stereocenters. The van der Waals surface area contributed by atoms with Crippen LogP contribution in [0.3, 0.4) is 0 Å². The van der Waals surface area contributed by atoms with Crippen molar-refractivity contribution in [1.82, 2.24) is 19.7 Å². The topological polar surface area (TPSA) is 97.0 Å². The van der Waals surface area contributed by atoms with E-state index in [1.165, 1.54) is 41.5 Å². The summed E-state index contributed by atoms with van der Waals surface area (Å²) < 4.78 is 15.5. The van der Waals surface area contributed by atoms with Crippen molar-refractivity contribution >= 4 is 35.4 Å². The standard InChI is InChI=1S/C18H18FN5O2S2/c1-10(24-16(21-22-18(24)27)13-7-4-8-28-13)17(26)23(2)14(15(20)25)11-5-3-6-12(19)9-11/h3-10,14H,1-2H3,(H2,20,25)(H,22,27). The van der Waals surface area contributed by atoms with E-state index >= 15 is 0 Å². The molecular formula is C18H18FN5O2S2. The van der Waals surface area contributed by atoms with Crippen LogP contribution in [0.5, 0.6) is 0 Å². The van der Waals surface area contributed by atoms with Crippen molar-refractivity contribution in [3.05, 3.63) is 57.9 Å². The van der Waals surface area contributed by atoms with Gasteiger partial charge in [0, 0.05) is 7.05 Å². The highest BCUT2D eigenvalue weighted by Gasteiger charge is 2.32. The van der Waals surface area contributed by atoms with Crippen LogP contribution in [0.25, 0.3) is 10.7 Å². The van der Waals surface area contributed by atoms with Crippen molar-refractivity contribution in [1.29, 1.82) is 0 Å². The lowest BCUT2D eigenvalue weighted by Gasteiger charge is -2.29. The molecule has 0 saturated heterocycles. The highest BCUT2D eigenvalue weighted by Crippen LogP contribution is 2.28. The fraction of sp³-hybridized carbons (Fsp3) is 0.222. The van der Waals surface area contributed by atoms with Crippen LogP contribution >= 0.6 is 23.6 Å². The van der Waals surface area contributed by atoms with Gasteiger partial charge in [0.1, 0.15) is 17.9 Å². The van der Waals surface area contributed by atoms with Crippen LogP contribution in [0.2, 0.25) is 0 Å². The molecule has 2 heterocycles. The second-order valence-electron chi connectivity index (χ2n) is 6.18. The molecule has 146 valence electrons. The number of carbonyl (C=O) groups excluding carboxylic acids is 2. The highest BCUT2D eigenvalue weighted by atomic mass is 32.1. The zero-order valence-corrected chi connectivity index (χ0v) is 16.8. The zero-order chi connectivity index (χ0) is 20.4. The highest BCUT2D eigenvalue weighted by molar-refractivity contribution is 7.71. The summed E-state index contributed by atoms with van der Waals surface area (Å²) in [6, 6.07) is 7.31. The van der Waals surface area contributed by atoms with Crippen LogP contribution in [0.1, 0.15) is 24.6 Å². The lowest BCUT2D eigenvalue weighted by atomic mass is 10.0. The van der Waals surface area contributed by atoms with Gasteiger partial charge in [-0.15, -0.1) is 11.3 Å². The van der Waals surface area contributed by atoms with Crippen LogP contribution in [0, 0.1) is 10.6 Å². The summed E-state index contributed by atoms with van der Waals surface area (Å²) in [5.41, 5.74) is 5.81. The number of halogens is 1. The maximum absolute atomic E-state index is 13.6. The van der Waals surface area contributed by atoms with Crippen molar-refractivity contribution < 1.29 is 14.0 Å². The van der Waals surface area contributed by atoms with Gasteiger partial charge in [0.2, 0.25) is 11.8 Å². The number of hydrogen-bond donors (Lipinski definition) is 2. The average molecular weight is 420 g/mol. The van der Waals surface area contributed by atoms with E-state index in [2.05, 4.69) is 10.2 Å². The van der Waals surface area contributed by atoms with Crippen molar-refractivity contribution in [3.8, 4) is 10.7 Å². The first-order valence-corrected chi connectivity index (χ1v) is 9.62. The molecule has 3 N–H and O–H groups in total. The molecule has 2 amide bonds. The van der Waals surface area contributed by atoms with Gasteiger partial charge >= 0.3 is 0 Å². The predicted octanol–water partition coefficient (Wildman–Crippen LogP) is 3.05. The number of aromatic amines is 1. The van der Waals surface area contributed by atoms with E-state index in [0.717, 1.165) is 4.88 Å². The molecule has 10 heteroatoms. The largest absolute Gasteiger partial charge is 0.368 e. The fourth-order valence-electron chi connectivity index (χ4n) is 3.03. The number of primary amides is 1. The maximum Gasteiger partial charge on any atom is 0.246 e. The first-order valence-electron chi connectivity index (χ1n) is 8.33. The van der Waals surface area contributed by atoms with E-state index in [0.29, 0.717) is 11.4 Å². The Kier molecular flexibility index (Phi) is 5.71. The Hall–Kier alpha value is -2.85. The van der Waals surface area contributed by atoms with Crippen molar-refractivity contribution in [3.63, 3.8) is 0 Å². The van der Waals surface area contributed by atoms with Crippen molar-refractivity contribution in [2.24, 2.45) is 5.73 Å². The van der Waals surface area contributed by atoms with Crippen molar-refractivity contribution in [2.75, 3.05) is 7.05 Å². The molecule has 0 spiro atoms. The molecule has 0 aliphatic heterocycles. The second-order valence-corrected chi connectivity index (χ2v) is 7.52. The van der Waals surface area contributed by atoms with Crippen LogP contribution in [0.15, 0.2) is 41.8 Å². The molecule has 0 aliphatic carbocycles. The Balaban J connectivity index is 1.96. The Morgan fingerprint density at radius 2 is 2.11 bits per heavy atom. The van der Waals surface area contributed by atoms with Crippen LogP contribution in [-0.2, 0) is 9.59 Å². The molecule has 3 rings (SSSR count). The van der Waals surface area contributed by atoms with E-state index in [1.54, 1.807) is 17.6 Å². The number of nitrogens with zero attached hydrogens (tertiary/aromatic N) is 3. The Morgan fingerprint density at radius 3 is 2.71 bits per heavy atom. The van der Waals surface area contributed by atoms with Crippen LogP contribution < -0.4 is 5.73 Å². The van der Waals surface area contributed by atoms with Gasteiger partial charge in [0.15, 0.2) is 10.6 Å². The van der Waals surface area contributed by atoms with Gasteiger partial charge in [-0.25, -0.2) is 4.39 Å². The monoisotopic (exact) mass is 419 g/mol. The summed E-state index contributed by atoms with van der Waals surface area (Å²) in [6.07, 6.45) is 0. The number of nitrogens with one attached hydrogen (secondary N) is 1. The zero-order valence-electron chi connectivity index (χ0n) is 15.1. The van der Waals surface area contributed by atoms with Gasteiger partial charge in [-0.1, -0.05) is 18.2 Å². The summed E-state index contributed by atoms with van der Waals surface area (Å²) in [6.45, 7) is 1.66. The maximum atomic E-state index is 13.6. The van der Waals surface area contributed by atoms with Gasteiger partial charge < -0.3 is 10.6 Å². The van der Waals surface area contributed by atoms with E-state index in [4.69, 9.17) is 18.0 Å². The van der Waals surface area contributed by atoms with E-state index in [-0.39, 0.29) is 4.77 Å². The molecule has 0 radical (unpaired) electrons. The summed E-state index contributed by atoms with van der Waals surface area (Å²) in [4.78, 5) is 27.2. The van der Waals surface area contributed by atoms with Gasteiger partial charge in [-0.2, -0.15) is 5.10 Å². The molecule has 0 bridgehead atoms. The number of carbonyl (C=O) groups is 2. The number of amides is 2. The Bertz CT molecular complexity index is 1060. The number of hydrogen-bond acceptors (Lipinski definition) is 5. The number of H-pyrrole nitrogens is 1. The molecule has 2 aromatic heterocycles. The molecule has 7 nitrogen and oxygen atoms in total. The Labute approximate surface area is 169 Å². The quantitative estimate of drug-likeness (QED) is 0.600. The number of thiophene rings is 1. The summed E-state index contributed by atoms with van der Waals surface area (Å²) in [5, 5.41) is 8.81. The molecule has 2 unspecified atom stereocenters. The number of benzene rings is 1. The predicted molar refractivity (Wildman–Crippen MR) is 107 cm³/mol. The molecule has 0 saturated carbocycles. The molecule has 0 fully saturated rings. The number of aromatic nitrogens is 3. The SMILES string of the molecule is CC(C(=O)N(C)C(C(N)=O)c1cccc(F)c1)n1c(-c2cccs2)n[nH]c1=S. The Morgan fingerprint density at radius 1 is 1.36 bits per heavy atom. The molecule has 1 aromatic carbocycles. The summed E-state index contributed by atoms with van der Waals surface area (Å²) in [5.74, 6) is -1.17. The van der Waals surface area contributed by atoms with Crippen LogP contribution in [-0.4, -0.2) is 38.5 Å². The minimum absolute atomic E-state index is 0.277.